The number of carboxylic acid groups (broad SMARTS) is 1. The topological polar surface area (TPSA) is 124 Å². The van der Waals surface area contributed by atoms with Gasteiger partial charge in [0.2, 0.25) is 18.4 Å². The Labute approximate surface area is 242 Å². The van der Waals surface area contributed by atoms with Gasteiger partial charge in [-0.1, -0.05) is 31.5 Å². The number of benzene rings is 2. The number of carbonyl (C=O) groups excluding carboxylic acids is 1. The molecule has 0 spiro atoms. The zero-order valence-electron chi connectivity index (χ0n) is 24.3. The van der Waals surface area contributed by atoms with Crippen LogP contribution in [-0.2, 0) is 16.0 Å². The van der Waals surface area contributed by atoms with Crippen LogP contribution in [-0.4, -0.2) is 86.6 Å². The quantitative estimate of drug-likeness (QED) is 0.332. The number of nitrogens with two attached hydrogens (primary N) is 1. The van der Waals surface area contributed by atoms with Crippen molar-refractivity contribution in [1.82, 2.24) is 9.80 Å². The number of amides is 1. The van der Waals surface area contributed by atoms with Crippen molar-refractivity contribution in [3.05, 3.63) is 47.5 Å². The van der Waals surface area contributed by atoms with Crippen molar-refractivity contribution < 1.29 is 33.6 Å². The molecule has 2 heterocycles. The maximum Gasteiger partial charge on any atom is 0.308 e. The standard InChI is InChI=1S/C31H43N3O7/c1-4-5-14-33(15-13-32)28(35)19-34-18-23(22-16-26(39-3)30-27(17-22)40-20-41-30)29(31(36)37)24(34)11-8-10-21-9-6-7-12-25(21)38-2/h6-7,9,12,16-17,23-24,29H,4-5,8,10-11,13-15,18-20,32H2,1-3H3,(H,36,37)/t23-,24+,29-/m1/s1. The van der Waals surface area contributed by atoms with E-state index in [2.05, 4.69) is 11.8 Å². The summed E-state index contributed by atoms with van der Waals surface area (Å²) in [6, 6.07) is 11.2. The molecule has 0 unspecified atom stereocenters. The molecule has 41 heavy (non-hydrogen) atoms. The predicted molar refractivity (Wildman–Crippen MR) is 155 cm³/mol. The highest BCUT2D eigenvalue weighted by molar-refractivity contribution is 5.79. The molecule has 0 aliphatic carbocycles. The molecule has 1 fully saturated rings. The molecule has 3 atom stereocenters. The van der Waals surface area contributed by atoms with Gasteiger partial charge in [-0.25, -0.2) is 0 Å². The van der Waals surface area contributed by atoms with Crippen molar-refractivity contribution in [1.29, 1.82) is 0 Å². The fourth-order valence-electron chi connectivity index (χ4n) is 6.11. The van der Waals surface area contributed by atoms with Crippen LogP contribution in [0.5, 0.6) is 23.0 Å². The number of aliphatic carboxylic acids is 1. The van der Waals surface area contributed by atoms with E-state index in [1.165, 1.54) is 0 Å². The Kier molecular flexibility index (Phi) is 10.7. The minimum atomic E-state index is -0.881. The third-order valence-electron chi connectivity index (χ3n) is 8.15. The van der Waals surface area contributed by atoms with Gasteiger partial charge in [0.25, 0.3) is 0 Å². The summed E-state index contributed by atoms with van der Waals surface area (Å²) in [6.45, 7) is 4.25. The monoisotopic (exact) mass is 569 g/mol. The zero-order chi connectivity index (χ0) is 29.4. The molecular weight excluding hydrogens is 526 g/mol. The number of carboxylic acids is 1. The van der Waals surface area contributed by atoms with E-state index < -0.39 is 11.9 Å². The molecule has 0 aromatic heterocycles. The van der Waals surface area contributed by atoms with E-state index in [9.17, 15) is 14.7 Å². The summed E-state index contributed by atoms with van der Waals surface area (Å²) in [7, 11) is 3.21. The van der Waals surface area contributed by atoms with Crippen LogP contribution in [0.25, 0.3) is 0 Å². The van der Waals surface area contributed by atoms with Crippen LogP contribution in [0.1, 0.15) is 49.7 Å². The van der Waals surface area contributed by atoms with E-state index in [0.717, 1.165) is 42.6 Å². The Bertz CT molecular complexity index is 1190. The van der Waals surface area contributed by atoms with Crippen molar-refractivity contribution in [3.63, 3.8) is 0 Å². The van der Waals surface area contributed by atoms with Crippen LogP contribution in [0.2, 0.25) is 0 Å². The summed E-state index contributed by atoms with van der Waals surface area (Å²) in [4.78, 5) is 30.2. The Balaban J connectivity index is 1.62. The third kappa shape index (κ3) is 7.05. The average molecular weight is 570 g/mol. The van der Waals surface area contributed by atoms with Crippen LogP contribution in [0.3, 0.4) is 0 Å². The van der Waals surface area contributed by atoms with Crippen LogP contribution in [0.15, 0.2) is 36.4 Å². The van der Waals surface area contributed by atoms with Crippen molar-refractivity contribution >= 4 is 11.9 Å². The number of para-hydroxylation sites is 1. The zero-order valence-corrected chi connectivity index (χ0v) is 24.3. The first-order valence-corrected chi connectivity index (χ1v) is 14.5. The summed E-state index contributed by atoms with van der Waals surface area (Å²) in [5.41, 5.74) is 7.70. The number of fused-ring (bicyclic) bond motifs is 1. The molecule has 4 rings (SSSR count). The lowest BCUT2D eigenvalue weighted by Gasteiger charge is -2.29. The van der Waals surface area contributed by atoms with Crippen LogP contribution < -0.4 is 24.7 Å². The van der Waals surface area contributed by atoms with Crippen LogP contribution in [0.4, 0.5) is 0 Å². The number of methoxy groups -OCH3 is 2. The van der Waals surface area contributed by atoms with E-state index in [-0.39, 0.29) is 31.2 Å². The second-order valence-electron chi connectivity index (χ2n) is 10.7. The highest BCUT2D eigenvalue weighted by atomic mass is 16.7. The average Bonchev–Trinajstić information content (AvgIpc) is 3.60. The number of likely N-dealkylation sites (tertiary alicyclic amines) is 1. The van der Waals surface area contributed by atoms with Gasteiger partial charge in [-0.05, 0) is 55.0 Å². The molecule has 2 aromatic carbocycles. The third-order valence-corrected chi connectivity index (χ3v) is 8.15. The number of unbranched alkanes of at least 4 members (excludes halogenated alkanes) is 1. The Morgan fingerprint density at radius 3 is 2.59 bits per heavy atom. The van der Waals surface area contributed by atoms with Gasteiger partial charge in [0.05, 0.1) is 26.7 Å². The fourth-order valence-corrected chi connectivity index (χ4v) is 6.11. The molecule has 1 amide bonds. The molecule has 0 radical (unpaired) electrons. The first-order valence-electron chi connectivity index (χ1n) is 14.5. The summed E-state index contributed by atoms with van der Waals surface area (Å²) in [5, 5.41) is 10.5. The van der Waals surface area contributed by atoms with Crippen molar-refractivity contribution in [2.75, 3.05) is 53.7 Å². The van der Waals surface area contributed by atoms with Gasteiger partial charge in [0, 0.05) is 38.1 Å². The van der Waals surface area contributed by atoms with Gasteiger partial charge < -0.3 is 34.7 Å². The maximum absolute atomic E-state index is 13.5. The molecule has 10 heteroatoms. The molecular formula is C31H43N3O7. The van der Waals surface area contributed by atoms with E-state index in [0.29, 0.717) is 49.8 Å². The molecule has 224 valence electrons. The molecule has 10 nitrogen and oxygen atoms in total. The molecule has 3 N–H and O–H groups in total. The van der Waals surface area contributed by atoms with Crippen molar-refractivity contribution in [2.45, 2.75) is 51.0 Å². The molecule has 0 bridgehead atoms. The Morgan fingerprint density at radius 1 is 1.10 bits per heavy atom. The fraction of sp³-hybridized carbons (Fsp3) is 0.548. The van der Waals surface area contributed by atoms with Crippen LogP contribution in [0, 0.1) is 5.92 Å². The number of carbonyl (C=O) groups is 2. The smallest absolute Gasteiger partial charge is 0.308 e. The first kappa shape index (κ1) is 30.5. The number of nitrogens with zero attached hydrogens (tertiary/aromatic N) is 2. The van der Waals surface area contributed by atoms with E-state index >= 15 is 0 Å². The minimum Gasteiger partial charge on any atom is -0.496 e. The maximum atomic E-state index is 13.5. The van der Waals surface area contributed by atoms with E-state index in [4.69, 9.17) is 24.7 Å². The number of hydrogen-bond acceptors (Lipinski definition) is 8. The van der Waals surface area contributed by atoms with Gasteiger partial charge in [-0.3, -0.25) is 14.5 Å². The van der Waals surface area contributed by atoms with Gasteiger partial charge in [0.15, 0.2) is 11.5 Å². The Morgan fingerprint density at radius 2 is 1.88 bits per heavy atom. The number of rotatable bonds is 15. The lowest BCUT2D eigenvalue weighted by atomic mass is 9.83. The van der Waals surface area contributed by atoms with E-state index in [1.807, 2.05) is 41.3 Å². The lowest BCUT2D eigenvalue weighted by molar-refractivity contribution is -0.143. The molecule has 2 aliphatic heterocycles. The number of ether oxygens (including phenoxy) is 4. The van der Waals surface area contributed by atoms with Gasteiger partial charge in [-0.15, -0.1) is 0 Å². The number of aryl methyl sites for hydroxylation is 1. The molecule has 1 saturated heterocycles. The van der Waals surface area contributed by atoms with Crippen molar-refractivity contribution in [2.24, 2.45) is 11.7 Å². The molecule has 2 aromatic rings. The van der Waals surface area contributed by atoms with Gasteiger partial charge >= 0.3 is 5.97 Å². The van der Waals surface area contributed by atoms with E-state index in [1.54, 1.807) is 14.2 Å². The van der Waals surface area contributed by atoms with Crippen LogP contribution >= 0.6 is 0 Å². The number of hydrogen-bond donors (Lipinski definition) is 2. The normalized spacial score (nSPS) is 19.8. The van der Waals surface area contributed by atoms with Gasteiger partial charge in [0.1, 0.15) is 5.75 Å². The molecule has 2 aliphatic rings. The highest BCUT2D eigenvalue weighted by Crippen LogP contribution is 2.47. The second kappa shape index (κ2) is 14.4. The summed E-state index contributed by atoms with van der Waals surface area (Å²) in [6.07, 6.45) is 3.97. The first-order chi connectivity index (χ1) is 19.9. The van der Waals surface area contributed by atoms with Crippen molar-refractivity contribution in [3.8, 4) is 23.0 Å². The molecule has 0 saturated carbocycles. The van der Waals surface area contributed by atoms with Gasteiger partial charge in [-0.2, -0.15) is 0 Å². The summed E-state index contributed by atoms with van der Waals surface area (Å²) >= 11 is 0. The largest absolute Gasteiger partial charge is 0.496 e. The lowest BCUT2D eigenvalue weighted by Crippen LogP contribution is -2.45. The highest BCUT2D eigenvalue weighted by Gasteiger charge is 2.47. The minimum absolute atomic E-state index is 0.0216. The summed E-state index contributed by atoms with van der Waals surface area (Å²) < 4.78 is 22.3. The Hall–Kier alpha value is -3.50. The predicted octanol–water partition coefficient (Wildman–Crippen LogP) is 3.51. The summed E-state index contributed by atoms with van der Waals surface area (Å²) in [5.74, 6) is 0.409. The second-order valence-corrected chi connectivity index (χ2v) is 10.7. The SMILES string of the molecule is CCCCN(CCN)C(=O)CN1C[C@H](c2cc(OC)c3c(c2)OCO3)[C@@H](C(=O)O)[C@@H]1CCCc1ccccc1OC.